The molecule has 0 aliphatic carbocycles. The normalized spacial score (nSPS) is 12.8. The van der Waals surface area contributed by atoms with E-state index in [1.165, 1.54) is 11.1 Å². The Kier molecular flexibility index (Phi) is 3.17. The van der Waals surface area contributed by atoms with Crippen molar-refractivity contribution >= 4 is 15.9 Å². The summed E-state index contributed by atoms with van der Waals surface area (Å²) in [5.74, 6) is 0.767. The number of aryl methyl sites for hydroxylation is 2. The minimum atomic E-state index is -0.219. The van der Waals surface area contributed by atoms with Gasteiger partial charge in [-0.2, -0.15) is 0 Å². The largest absolute Gasteiger partial charge is 0.466 e. The number of halogens is 1. The van der Waals surface area contributed by atoms with E-state index < -0.39 is 0 Å². The van der Waals surface area contributed by atoms with Crippen molar-refractivity contribution in [2.75, 3.05) is 0 Å². The van der Waals surface area contributed by atoms with Gasteiger partial charge in [-0.15, -0.1) is 0 Å². The van der Waals surface area contributed by atoms with Gasteiger partial charge in [-0.1, -0.05) is 18.2 Å². The molecule has 2 N–H and O–H groups in total. The van der Waals surface area contributed by atoms with Gasteiger partial charge in [-0.3, -0.25) is 0 Å². The van der Waals surface area contributed by atoms with E-state index in [9.17, 15) is 0 Å². The highest BCUT2D eigenvalue weighted by Gasteiger charge is 2.15. The van der Waals surface area contributed by atoms with Crippen LogP contribution in [0.2, 0.25) is 0 Å². The molecule has 0 amide bonds. The van der Waals surface area contributed by atoms with Crippen molar-refractivity contribution in [1.82, 2.24) is 0 Å². The summed E-state index contributed by atoms with van der Waals surface area (Å²) >= 11 is 3.42. The lowest BCUT2D eigenvalue weighted by Crippen LogP contribution is -2.11. The first-order chi connectivity index (χ1) is 7.59. The highest BCUT2D eigenvalue weighted by Crippen LogP contribution is 2.28. The molecule has 1 unspecified atom stereocenters. The van der Waals surface area contributed by atoms with Gasteiger partial charge in [0.2, 0.25) is 0 Å². The molecular weight excluding hydrogens is 266 g/mol. The Morgan fingerprint density at radius 1 is 1.19 bits per heavy atom. The zero-order chi connectivity index (χ0) is 11.7. The Morgan fingerprint density at radius 3 is 2.50 bits per heavy atom. The van der Waals surface area contributed by atoms with Crippen molar-refractivity contribution in [3.8, 4) is 0 Å². The lowest BCUT2D eigenvalue weighted by atomic mass is 10.0. The van der Waals surface area contributed by atoms with Gasteiger partial charge in [0.05, 0.1) is 16.8 Å². The van der Waals surface area contributed by atoms with Crippen molar-refractivity contribution in [3.05, 3.63) is 57.5 Å². The van der Waals surface area contributed by atoms with Gasteiger partial charge in [-0.05, 0) is 52.5 Å². The molecule has 16 heavy (non-hydrogen) atoms. The molecule has 84 valence electrons. The van der Waals surface area contributed by atoms with Gasteiger partial charge in [0.15, 0.2) is 0 Å². The summed E-state index contributed by atoms with van der Waals surface area (Å²) in [5.41, 5.74) is 9.74. The van der Waals surface area contributed by atoms with Crippen LogP contribution in [0.25, 0.3) is 0 Å². The van der Waals surface area contributed by atoms with Crippen molar-refractivity contribution in [2.24, 2.45) is 5.73 Å². The third kappa shape index (κ3) is 2.06. The molecule has 3 heteroatoms. The molecule has 1 atom stereocenters. The van der Waals surface area contributed by atoms with Crippen molar-refractivity contribution in [3.63, 3.8) is 0 Å². The zero-order valence-corrected chi connectivity index (χ0v) is 10.9. The average Bonchev–Trinajstić information content (AvgIpc) is 2.67. The van der Waals surface area contributed by atoms with E-state index in [-0.39, 0.29) is 6.04 Å². The molecule has 0 saturated heterocycles. The van der Waals surface area contributed by atoms with Crippen LogP contribution in [0, 0.1) is 13.8 Å². The molecule has 1 aromatic carbocycles. The highest BCUT2D eigenvalue weighted by atomic mass is 79.9. The molecule has 1 heterocycles. The van der Waals surface area contributed by atoms with E-state index in [2.05, 4.69) is 41.9 Å². The molecule has 0 aliphatic rings. The van der Waals surface area contributed by atoms with Gasteiger partial charge in [0.25, 0.3) is 0 Å². The predicted molar refractivity (Wildman–Crippen MR) is 68.4 cm³/mol. The van der Waals surface area contributed by atoms with Gasteiger partial charge in [0, 0.05) is 0 Å². The van der Waals surface area contributed by atoms with Gasteiger partial charge >= 0.3 is 0 Å². The van der Waals surface area contributed by atoms with E-state index in [1.54, 1.807) is 6.26 Å². The van der Waals surface area contributed by atoms with Crippen LogP contribution in [0.1, 0.15) is 28.5 Å². The van der Waals surface area contributed by atoms with Crippen LogP contribution in [-0.2, 0) is 0 Å². The van der Waals surface area contributed by atoms with Crippen molar-refractivity contribution in [2.45, 2.75) is 19.9 Å². The number of nitrogens with two attached hydrogens (primary N) is 1. The Hall–Kier alpha value is -1.06. The topological polar surface area (TPSA) is 39.2 Å². The quantitative estimate of drug-likeness (QED) is 0.910. The zero-order valence-electron chi connectivity index (χ0n) is 9.33. The Labute approximate surface area is 104 Å². The van der Waals surface area contributed by atoms with Gasteiger partial charge in [-0.25, -0.2) is 0 Å². The summed E-state index contributed by atoms with van der Waals surface area (Å²) in [6.45, 7) is 4.18. The molecule has 2 aromatic rings. The summed E-state index contributed by atoms with van der Waals surface area (Å²) in [6, 6.07) is 7.87. The number of hydrogen-bond acceptors (Lipinski definition) is 2. The van der Waals surface area contributed by atoms with Crippen LogP contribution in [0.3, 0.4) is 0 Å². The summed E-state index contributed by atoms with van der Waals surface area (Å²) < 4.78 is 6.29. The maximum absolute atomic E-state index is 6.16. The van der Waals surface area contributed by atoms with Crippen molar-refractivity contribution < 1.29 is 4.42 Å². The van der Waals surface area contributed by atoms with E-state index in [0.717, 1.165) is 15.8 Å². The minimum Gasteiger partial charge on any atom is -0.466 e. The first kappa shape index (κ1) is 11.4. The second kappa shape index (κ2) is 4.44. The van der Waals surface area contributed by atoms with Crippen LogP contribution < -0.4 is 5.73 Å². The lowest BCUT2D eigenvalue weighted by molar-refractivity contribution is 0.487. The Morgan fingerprint density at radius 2 is 1.94 bits per heavy atom. The predicted octanol–water partition coefficient (Wildman–Crippen LogP) is 3.71. The average molecular weight is 280 g/mol. The standard InChI is InChI=1S/C13H14BrNO/c1-8-3-4-10(7-9(8)2)12(15)13-11(14)5-6-16-13/h3-7,12H,15H2,1-2H3. The third-order valence-corrected chi connectivity index (χ3v) is 3.47. The Balaban J connectivity index is 2.38. The SMILES string of the molecule is Cc1ccc(C(N)c2occc2Br)cc1C. The number of hydrogen-bond donors (Lipinski definition) is 1. The molecule has 0 aliphatic heterocycles. The van der Waals surface area contributed by atoms with E-state index in [1.807, 2.05) is 12.1 Å². The van der Waals surface area contributed by atoms with E-state index in [0.29, 0.717) is 0 Å². The van der Waals surface area contributed by atoms with Crippen LogP contribution >= 0.6 is 15.9 Å². The summed E-state index contributed by atoms with van der Waals surface area (Å²) in [5, 5.41) is 0. The molecule has 0 bridgehead atoms. The molecule has 2 nitrogen and oxygen atoms in total. The van der Waals surface area contributed by atoms with Crippen LogP contribution in [-0.4, -0.2) is 0 Å². The Bertz CT molecular complexity index is 504. The fourth-order valence-electron chi connectivity index (χ4n) is 1.64. The van der Waals surface area contributed by atoms with Gasteiger partial charge < -0.3 is 10.2 Å². The smallest absolute Gasteiger partial charge is 0.139 e. The summed E-state index contributed by atoms with van der Waals surface area (Å²) in [7, 11) is 0. The molecule has 1 aromatic heterocycles. The van der Waals surface area contributed by atoms with E-state index >= 15 is 0 Å². The second-order valence-electron chi connectivity index (χ2n) is 3.95. The third-order valence-electron chi connectivity index (χ3n) is 2.82. The molecule has 0 saturated carbocycles. The fraction of sp³-hybridized carbons (Fsp3) is 0.231. The second-order valence-corrected chi connectivity index (χ2v) is 4.81. The van der Waals surface area contributed by atoms with Gasteiger partial charge in [0.1, 0.15) is 5.76 Å². The van der Waals surface area contributed by atoms with Crippen LogP contribution in [0.5, 0.6) is 0 Å². The first-order valence-corrected chi connectivity index (χ1v) is 5.94. The molecule has 0 radical (unpaired) electrons. The molecule has 0 fully saturated rings. The maximum Gasteiger partial charge on any atom is 0.139 e. The van der Waals surface area contributed by atoms with Crippen LogP contribution in [0.4, 0.5) is 0 Å². The maximum atomic E-state index is 6.16. The molecular formula is C13H14BrNO. The minimum absolute atomic E-state index is 0.219. The summed E-state index contributed by atoms with van der Waals surface area (Å²) in [6.07, 6.45) is 1.64. The monoisotopic (exact) mass is 279 g/mol. The number of rotatable bonds is 2. The fourth-order valence-corrected chi connectivity index (χ4v) is 2.08. The molecule has 2 rings (SSSR count). The van der Waals surface area contributed by atoms with E-state index in [4.69, 9.17) is 10.2 Å². The number of furan rings is 1. The lowest BCUT2D eigenvalue weighted by Gasteiger charge is -2.12. The first-order valence-electron chi connectivity index (χ1n) is 5.15. The highest BCUT2D eigenvalue weighted by molar-refractivity contribution is 9.10. The molecule has 0 spiro atoms. The summed E-state index contributed by atoms with van der Waals surface area (Å²) in [4.78, 5) is 0. The number of benzene rings is 1. The van der Waals surface area contributed by atoms with Crippen molar-refractivity contribution in [1.29, 1.82) is 0 Å². The van der Waals surface area contributed by atoms with Crippen LogP contribution in [0.15, 0.2) is 39.4 Å².